The molecule has 1 aliphatic rings. The molecule has 6 atom stereocenters. The van der Waals surface area contributed by atoms with Crippen molar-refractivity contribution in [3.8, 4) is 17.6 Å². The number of nitrogens with zero attached hydrogens (tertiary/aromatic N) is 4. The summed E-state index contributed by atoms with van der Waals surface area (Å²) in [4.78, 5) is 115. The number of carboxylic acids is 2. The number of amides is 2. The highest BCUT2D eigenvalue weighted by atomic mass is 31.3. The fourth-order valence-electron chi connectivity index (χ4n) is 6.69. The molecule has 1 aliphatic heterocycles. The minimum absolute atomic E-state index is 0.0118. The molecule has 0 aliphatic carbocycles. The number of H-pyrrole nitrogens is 1. The van der Waals surface area contributed by atoms with Crippen molar-refractivity contribution in [2.24, 2.45) is 5.11 Å². The summed E-state index contributed by atoms with van der Waals surface area (Å²) in [5.74, 6) is 1.14. The van der Waals surface area contributed by atoms with E-state index in [1.54, 1.807) is 6.07 Å². The first-order valence-corrected chi connectivity index (χ1v) is 25.7. The smallest absolute Gasteiger partial charge is 0.490 e. The van der Waals surface area contributed by atoms with Crippen molar-refractivity contribution in [2.45, 2.75) is 43.9 Å². The second kappa shape index (κ2) is 25.9. The molecule has 31 nitrogen and oxygen atoms in total. The Hall–Kier alpha value is -6.80. The van der Waals surface area contributed by atoms with Crippen LogP contribution in [0.25, 0.3) is 21.3 Å². The number of carboxylic acid groups (broad SMARTS) is 2. The normalized spacial score (nSPS) is 17.4. The van der Waals surface area contributed by atoms with E-state index >= 15 is 0 Å². The van der Waals surface area contributed by atoms with Crippen LogP contribution in [-0.2, 0) is 45.8 Å². The van der Waals surface area contributed by atoms with E-state index in [1.807, 2.05) is 0 Å². The van der Waals surface area contributed by atoms with Crippen LogP contribution < -0.4 is 26.7 Å². The zero-order valence-electron chi connectivity index (χ0n) is 37.9. The van der Waals surface area contributed by atoms with Crippen LogP contribution in [0.5, 0.6) is 5.75 Å². The van der Waals surface area contributed by atoms with Gasteiger partial charge in [0.05, 0.1) is 60.1 Å². The summed E-state index contributed by atoms with van der Waals surface area (Å²) in [7, 11) is -17.0. The van der Waals surface area contributed by atoms with Crippen LogP contribution in [0.4, 0.5) is 5.82 Å². The Bertz CT molecular complexity index is 3060. The first-order chi connectivity index (χ1) is 34.8. The predicted molar refractivity (Wildman–Crippen MR) is 249 cm³/mol. The number of phosphoric ester groups is 1. The molecule has 0 saturated carbocycles. The van der Waals surface area contributed by atoms with Crippen LogP contribution in [0.2, 0.25) is 0 Å². The number of rotatable bonds is 27. The number of ketones is 1. The first-order valence-electron chi connectivity index (χ1n) is 21.1. The van der Waals surface area contributed by atoms with Crippen molar-refractivity contribution in [2.75, 3.05) is 51.9 Å². The second-order valence-corrected chi connectivity index (χ2v) is 19.7. The monoisotopic (exact) mass is 1100 g/mol. The van der Waals surface area contributed by atoms with Crippen LogP contribution in [0.15, 0.2) is 64.6 Å². The van der Waals surface area contributed by atoms with E-state index in [0.29, 0.717) is 0 Å². The van der Waals surface area contributed by atoms with Crippen LogP contribution in [0, 0.1) is 11.8 Å². The molecule has 3 unspecified atom stereocenters. The molecule has 0 radical (unpaired) electrons. The van der Waals surface area contributed by atoms with Crippen LogP contribution in [0.1, 0.15) is 72.5 Å². The number of phosphoric acid groups is 3. The lowest BCUT2D eigenvalue weighted by molar-refractivity contribution is -0.126. The van der Waals surface area contributed by atoms with Gasteiger partial charge in [0.1, 0.15) is 37.1 Å². The van der Waals surface area contributed by atoms with Crippen LogP contribution >= 0.6 is 23.5 Å². The number of ether oxygens (including phenoxy) is 4. The maximum absolute atomic E-state index is 13.0. The summed E-state index contributed by atoms with van der Waals surface area (Å²) < 4.78 is 70.2. The third kappa shape index (κ3) is 17.7. The minimum Gasteiger partial charge on any atom is -0.491 e. The summed E-state index contributed by atoms with van der Waals surface area (Å²) in [5, 5.41) is 37.7. The van der Waals surface area contributed by atoms with Gasteiger partial charge in [-0.25, -0.2) is 23.3 Å². The number of anilines is 1. The molecule has 2 aromatic carbocycles. The molecule has 0 spiro atoms. The van der Waals surface area contributed by atoms with Gasteiger partial charge >= 0.3 is 35.4 Å². The lowest BCUT2D eigenvalue weighted by Gasteiger charge is -2.19. The average Bonchev–Trinajstić information content (AvgIpc) is 3.87. The molecule has 12 N–H and O–H groups in total. The number of fused-ring (bicyclic) bond motifs is 1. The third-order valence-corrected chi connectivity index (χ3v) is 13.6. The van der Waals surface area contributed by atoms with E-state index in [2.05, 4.69) is 50.6 Å². The van der Waals surface area contributed by atoms with Crippen molar-refractivity contribution in [1.82, 2.24) is 20.2 Å². The number of nitrogens with one attached hydrogen (secondary N) is 3. The summed E-state index contributed by atoms with van der Waals surface area (Å²) in [6, 6.07) is 10.4. The molecular formula is C40H45N8O23P3. The molecular weight excluding hydrogens is 1050 g/mol. The van der Waals surface area contributed by atoms with Crippen molar-refractivity contribution in [1.29, 1.82) is 0 Å². The van der Waals surface area contributed by atoms with Crippen molar-refractivity contribution >= 4 is 69.7 Å². The number of nitrogens with two attached hydrogens (primary N) is 1. The van der Waals surface area contributed by atoms with Gasteiger partial charge in [0.2, 0.25) is 5.91 Å². The Morgan fingerprint density at radius 2 is 1.66 bits per heavy atom. The van der Waals surface area contributed by atoms with Gasteiger partial charge in [-0.05, 0) is 42.3 Å². The summed E-state index contributed by atoms with van der Waals surface area (Å²) in [5.41, 5.74) is 13.8. The van der Waals surface area contributed by atoms with E-state index < -0.39 is 90.7 Å². The Kier molecular flexibility index (Phi) is 20.3. The van der Waals surface area contributed by atoms with Gasteiger partial charge in [-0.3, -0.25) is 23.7 Å². The van der Waals surface area contributed by atoms with Crippen LogP contribution in [-0.4, -0.2) is 139 Å². The summed E-state index contributed by atoms with van der Waals surface area (Å²) in [6.07, 6.45) is -3.69. The number of aromatic nitrogens is 2. The molecule has 34 heteroatoms. The number of aliphatic hydroxyl groups excluding tert-OH is 1. The number of carbonyl (C=O) groups excluding carboxylic acids is 3. The molecule has 1 fully saturated rings. The van der Waals surface area contributed by atoms with Crippen molar-refractivity contribution < 1.29 is 105 Å². The van der Waals surface area contributed by atoms with E-state index in [4.69, 9.17) is 40.0 Å². The predicted octanol–water partition coefficient (Wildman–Crippen LogP) is 1.91. The third-order valence-electron chi connectivity index (χ3n) is 9.83. The van der Waals surface area contributed by atoms with Gasteiger partial charge in [-0.1, -0.05) is 29.1 Å². The fraction of sp³-hybridized carbons (Fsp3) is 0.350. The van der Waals surface area contributed by atoms with Crippen LogP contribution in [0.3, 0.4) is 0 Å². The minimum atomic E-state index is -5.80. The lowest BCUT2D eigenvalue weighted by Crippen LogP contribution is -2.29. The quantitative estimate of drug-likeness (QED) is 0.00772. The second-order valence-electron chi connectivity index (χ2n) is 15.3. The number of pyridine rings is 1. The highest BCUT2D eigenvalue weighted by molar-refractivity contribution is 7.66. The summed E-state index contributed by atoms with van der Waals surface area (Å²) >= 11 is 0. The molecule has 2 amide bonds. The standard InChI is InChI=1S/C40H45N8O23P3/c41-32-16-28-36(38(53)45-32)23(18-48(28)35-17-30(50)31(69-35)19-68-73(61,62)71-74(63,64)70-72(58,59)60)5-2-8-43-33(51)20-65-10-11-66-34(46-47-42)21-67-27-6-1-4-22(15-27)29(49)7-3-9-44-37(52)24-12-25(39(54)55)14-26(13-24)40(56)57/h1,4,6,12-16,18,30-31,34-35,50H,3,7-11,17,19-21H2,(H,43,51)(H,44,52)(H,54,55)(H,56,57)(H,61,62)(H,63,64)(H3,41,45,53)(H2,58,59,60)/t30-,31+,34?,35+/m0/s1. The van der Waals surface area contributed by atoms with E-state index in [1.165, 1.54) is 35.0 Å². The van der Waals surface area contributed by atoms with Crippen molar-refractivity contribution in [3.05, 3.63) is 103 Å². The molecule has 2 aromatic heterocycles. The Morgan fingerprint density at radius 3 is 2.34 bits per heavy atom. The number of hydrogen-bond acceptors (Lipinski definition) is 19. The SMILES string of the molecule is [N-]=[N+]=NC(COc1cccc(C(=O)CCCNC(=O)c2cc(C(=O)O)cc(C(=O)O)c2)c1)OCCOCC(=O)NCC#Cc1cn([C@H]2C[C@H](O)[C@@H](COP(=O)(O)OP(=O)(O)OP(=O)(O)O)O2)c2cc(N)[nH]c(=O)c12. The number of Topliss-reactive ketones (excluding diaryl/α,β-unsaturated/α-hetero) is 1. The van der Waals surface area contributed by atoms with E-state index in [0.717, 1.165) is 18.2 Å². The van der Waals surface area contributed by atoms with Gasteiger partial charge in [0.15, 0.2) is 12.0 Å². The number of carbonyl (C=O) groups is 5. The topological polar surface area (TPSA) is 479 Å². The van der Waals surface area contributed by atoms with Gasteiger partial charge in [0.25, 0.3) is 11.5 Å². The van der Waals surface area contributed by atoms with Gasteiger partial charge in [-0.15, -0.1) is 0 Å². The highest BCUT2D eigenvalue weighted by Crippen LogP contribution is 2.66. The van der Waals surface area contributed by atoms with Crippen molar-refractivity contribution in [3.63, 3.8) is 0 Å². The maximum atomic E-state index is 13.0. The summed E-state index contributed by atoms with van der Waals surface area (Å²) in [6.45, 7) is -2.18. The molecule has 0 bridgehead atoms. The number of aliphatic hydroxyl groups is 1. The molecule has 5 rings (SSSR count). The molecule has 4 aromatic rings. The molecule has 398 valence electrons. The van der Waals surface area contributed by atoms with Gasteiger partial charge < -0.3 is 79.8 Å². The van der Waals surface area contributed by atoms with Gasteiger partial charge in [0, 0.05) is 47.7 Å². The zero-order valence-corrected chi connectivity index (χ0v) is 40.6. The number of aromatic amines is 1. The van der Waals surface area contributed by atoms with Gasteiger partial charge in [-0.2, -0.15) is 8.62 Å². The Morgan fingerprint density at radius 1 is 0.959 bits per heavy atom. The zero-order chi connectivity index (χ0) is 54.4. The largest absolute Gasteiger partial charge is 0.491 e. The Labute approximate surface area is 415 Å². The average molecular weight is 1100 g/mol. The number of hydrogen-bond donors (Lipinski definition) is 11. The maximum Gasteiger partial charge on any atom is 0.490 e. The number of azide groups is 1. The molecule has 1 saturated heterocycles. The fourth-order valence-corrected chi connectivity index (χ4v) is 9.72. The van der Waals surface area contributed by atoms with E-state index in [9.17, 15) is 67.6 Å². The molecule has 74 heavy (non-hydrogen) atoms. The highest BCUT2D eigenvalue weighted by Gasteiger charge is 2.43. The number of nitrogen functional groups attached to an aromatic ring is 1. The number of aromatic carboxylic acids is 2. The lowest BCUT2D eigenvalue weighted by atomic mass is 10.0. The number of benzene rings is 2. The molecule has 3 heterocycles. The Balaban J connectivity index is 1.04. The van der Waals surface area contributed by atoms with E-state index in [-0.39, 0.29) is 108 Å². The first kappa shape index (κ1) is 58.1.